The summed E-state index contributed by atoms with van der Waals surface area (Å²) in [5, 5.41) is 6.22. The first kappa shape index (κ1) is 27.0. The molecule has 0 radical (unpaired) electrons. The van der Waals surface area contributed by atoms with Crippen molar-refractivity contribution in [2.45, 2.75) is 26.3 Å². The zero-order valence-corrected chi connectivity index (χ0v) is 21.8. The van der Waals surface area contributed by atoms with Gasteiger partial charge in [-0.3, -0.25) is 9.59 Å². The van der Waals surface area contributed by atoms with E-state index in [0.29, 0.717) is 36.8 Å². The second-order valence-corrected chi connectivity index (χ2v) is 8.75. The molecule has 3 rings (SSSR count). The lowest BCUT2D eigenvalue weighted by atomic mass is 9.97. The number of ether oxygens (including phenoxy) is 4. The Morgan fingerprint density at radius 1 is 1.00 bits per heavy atom. The molecule has 0 unspecified atom stereocenters. The van der Waals surface area contributed by atoms with Crippen molar-refractivity contribution in [1.29, 1.82) is 0 Å². The third-order valence-corrected chi connectivity index (χ3v) is 6.08. The third kappa shape index (κ3) is 6.15. The summed E-state index contributed by atoms with van der Waals surface area (Å²) in [6, 6.07) is 12.7. The molecule has 1 heterocycles. The van der Waals surface area contributed by atoms with E-state index in [9.17, 15) is 9.59 Å². The Morgan fingerprint density at radius 3 is 2.25 bits per heavy atom. The first-order valence-corrected chi connectivity index (χ1v) is 11.9. The van der Waals surface area contributed by atoms with Crippen molar-refractivity contribution in [3.8, 4) is 17.2 Å². The standard InChI is InChI=1S/C27H35N3O6/c1-18(2)27(32)29(13-14-33-3)17-26(31)30-24(19-7-9-20(34-4)10-8-19)16-23(28-30)22-12-11-21(35-5)15-25(22)36-6/h7-12,15,18,24H,13-14,16-17H2,1-6H3/t24-/m1/s1. The molecule has 0 fully saturated rings. The first-order valence-electron chi connectivity index (χ1n) is 11.9. The van der Waals surface area contributed by atoms with Crippen molar-refractivity contribution < 1.29 is 28.5 Å². The SMILES string of the molecule is COCCN(CC(=O)N1N=C(c2ccc(OC)cc2OC)C[C@@H]1c1ccc(OC)cc1)C(=O)C(C)C. The number of carbonyl (C=O) groups is 2. The van der Waals surface area contributed by atoms with Crippen LogP contribution in [0.1, 0.15) is 37.4 Å². The summed E-state index contributed by atoms with van der Waals surface area (Å²) in [5.74, 6) is 1.36. The number of carbonyl (C=O) groups excluding carboxylic acids is 2. The quantitative estimate of drug-likeness (QED) is 0.472. The molecule has 0 saturated heterocycles. The molecule has 0 aliphatic carbocycles. The van der Waals surface area contributed by atoms with E-state index in [-0.39, 0.29) is 30.3 Å². The Bertz CT molecular complexity index is 1080. The van der Waals surface area contributed by atoms with Crippen molar-refractivity contribution in [1.82, 2.24) is 9.91 Å². The summed E-state index contributed by atoms with van der Waals surface area (Å²) >= 11 is 0. The van der Waals surface area contributed by atoms with Crippen LogP contribution in [0.4, 0.5) is 0 Å². The molecule has 2 amide bonds. The summed E-state index contributed by atoms with van der Waals surface area (Å²) in [7, 11) is 6.36. The summed E-state index contributed by atoms with van der Waals surface area (Å²) in [5.41, 5.74) is 2.40. The molecule has 194 valence electrons. The van der Waals surface area contributed by atoms with Crippen LogP contribution in [0.15, 0.2) is 47.6 Å². The molecule has 1 atom stereocenters. The van der Waals surface area contributed by atoms with Crippen molar-refractivity contribution in [2.24, 2.45) is 11.0 Å². The largest absolute Gasteiger partial charge is 0.497 e. The molecule has 36 heavy (non-hydrogen) atoms. The van der Waals surface area contributed by atoms with Crippen molar-refractivity contribution in [2.75, 3.05) is 48.1 Å². The number of hydrazone groups is 1. The Morgan fingerprint density at radius 2 is 1.67 bits per heavy atom. The van der Waals surface area contributed by atoms with Crippen LogP contribution in [0, 0.1) is 5.92 Å². The second-order valence-electron chi connectivity index (χ2n) is 8.75. The van der Waals surface area contributed by atoms with Crippen LogP contribution in [0.2, 0.25) is 0 Å². The molecule has 0 bridgehead atoms. The number of hydrogen-bond donors (Lipinski definition) is 0. The highest BCUT2D eigenvalue weighted by atomic mass is 16.5. The van der Waals surface area contributed by atoms with E-state index in [1.807, 2.05) is 50.2 Å². The fourth-order valence-corrected chi connectivity index (χ4v) is 4.10. The van der Waals surface area contributed by atoms with E-state index >= 15 is 0 Å². The molecule has 0 saturated carbocycles. The van der Waals surface area contributed by atoms with Gasteiger partial charge < -0.3 is 23.8 Å². The van der Waals surface area contributed by atoms with Gasteiger partial charge in [0.2, 0.25) is 5.91 Å². The monoisotopic (exact) mass is 497 g/mol. The van der Waals surface area contributed by atoms with E-state index in [0.717, 1.165) is 16.9 Å². The van der Waals surface area contributed by atoms with Gasteiger partial charge in [-0.1, -0.05) is 26.0 Å². The van der Waals surface area contributed by atoms with Gasteiger partial charge >= 0.3 is 0 Å². The van der Waals surface area contributed by atoms with Crippen LogP contribution in [-0.4, -0.2) is 75.6 Å². The highest BCUT2D eigenvalue weighted by molar-refractivity contribution is 6.05. The molecule has 9 heteroatoms. The van der Waals surface area contributed by atoms with Gasteiger partial charge in [0.25, 0.3) is 5.91 Å². The van der Waals surface area contributed by atoms with E-state index < -0.39 is 0 Å². The highest BCUT2D eigenvalue weighted by Gasteiger charge is 2.35. The van der Waals surface area contributed by atoms with E-state index in [1.54, 1.807) is 34.5 Å². The van der Waals surface area contributed by atoms with Gasteiger partial charge in [-0.2, -0.15) is 5.10 Å². The lowest BCUT2D eigenvalue weighted by molar-refractivity contribution is -0.143. The van der Waals surface area contributed by atoms with Crippen molar-refractivity contribution in [3.63, 3.8) is 0 Å². The maximum Gasteiger partial charge on any atom is 0.262 e. The zero-order valence-electron chi connectivity index (χ0n) is 21.8. The van der Waals surface area contributed by atoms with Crippen LogP contribution in [0.5, 0.6) is 17.2 Å². The average molecular weight is 498 g/mol. The smallest absolute Gasteiger partial charge is 0.262 e. The molecule has 2 aromatic carbocycles. The van der Waals surface area contributed by atoms with Gasteiger partial charge in [0.15, 0.2) is 0 Å². The minimum absolute atomic E-state index is 0.0937. The van der Waals surface area contributed by atoms with E-state index in [2.05, 4.69) is 0 Å². The molecule has 0 N–H and O–H groups in total. The zero-order chi connectivity index (χ0) is 26.2. The number of methoxy groups -OCH3 is 4. The molecule has 1 aliphatic rings. The fourth-order valence-electron chi connectivity index (χ4n) is 4.10. The van der Waals surface area contributed by atoms with Crippen LogP contribution >= 0.6 is 0 Å². The Hall–Kier alpha value is -3.59. The molecule has 2 aromatic rings. The number of amides is 2. The molecule has 0 aromatic heterocycles. The van der Waals surface area contributed by atoms with Crippen molar-refractivity contribution >= 4 is 17.5 Å². The molecular weight excluding hydrogens is 462 g/mol. The minimum Gasteiger partial charge on any atom is -0.497 e. The maximum absolute atomic E-state index is 13.6. The Balaban J connectivity index is 1.97. The highest BCUT2D eigenvalue weighted by Crippen LogP contribution is 2.36. The maximum atomic E-state index is 13.6. The summed E-state index contributed by atoms with van der Waals surface area (Å²) in [6.07, 6.45) is 0.483. The molecule has 9 nitrogen and oxygen atoms in total. The summed E-state index contributed by atoms with van der Waals surface area (Å²) in [6.45, 7) is 4.20. The predicted octanol–water partition coefficient (Wildman–Crippen LogP) is 3.52. The second kappa shape index (κ2) is 12.4. The van der Waals surface area contributed by atoms with E-state index in [1.165, 1.54) is 9.91 Å². The fraction of sp³-hybridized carbons (Fsp3) is 0.444. The van der Waals surface area contributed by atoms with Gasteiger partial charge in [0.1, 0.15) is 23.8 Å². The summed E-state index contributed by atoms with van der Waals surface area (Å²) in [4.78, 5) is 27.9. The van der Waals surface area contributed by atoms with Gasteiger partial charge in [0.05, 0.1) is 39.7 Å². The minimum atomic E-state index is -0.344. The average Bonchev–Trinajstić information content (AvgIpc) is 3.35. The van der Waals surface area contributed by atoms with Crippen LogP contribution < -0.4 is 14.2 Å². The number of benzene rings is 2. The molecular formula is C27H35N3O6. The first-order chi connectivity index (χ1) is 17.3. The van der Waals surface area contributed by atoms with Crippen LogP contribution in [0.3, 0.4) is 0 Å². The van der Waals surface area contributed by atoms with Crippen LogP contribution in [-0.2, 0) is 14.3 Å². The van der Waals surface area contributed by atoms with Gasteiger partial charge in [0, 0.05) is 37.6 Å². The molecule has 1 aliphatic heterocycles. The summed E-state index contributed by atoms with van der Waals surface area (Å²) < 4.78 is 21.4. The Labute approximate surface area is 212 Å². The Kier molecular flexibility index (Phi) is 9.30. The normalized spacial score (nSPS) is 15.0. The van der Waals surface area contributed by atoms with Crippen molar-refractivity contribution in [3.05, 3.63) is 53.6 Å². The lowest BCUT2D eigenvalue weighted by Gasteiger charge is -2.28. The van der Waals surface area contributed by atoms with E-state index in [4.69, 9.17) is 24.0 Å². The van der Waals surface area contributed by atoms with Gasteiger partial charge in [-0.05, 0) is 29.8 Å². The van der Waals surface area contributed by atoms with Gasteiger partial charge in [-0.25, -0.2) is 5.01 Å². The topological polar surface area (TPSA) is 89.9 Å². The van der Waals surface area contributed by atoms with Crippen LogP contribution in [0.25, 0.3) is 0 Å². The number of nitrogens with zero attached hydrogens (tertiary/aromatic N) is 3. The third-order valence-electron chi connectivity index (χ3n) is 6.08. The predicted molar refractivity (Wildman–Crippen MR) is 137 cm³/mol. The number of rotatable bonds is 11. The molecule has 0 spiro atoms. The number of hydrogen-bond acceptors (Lipinski definition) is 7. The van der Waals surface area contributed by atoms with Gasteiger partial charge in [-0.15, -0.1) is 0 Å². The lowest BCUT2D eigenvalue weighted by Crippen LogP contribution is -2.44.